The monoisotopic (exact) mass is 309 g/mol. The normalized spacial score (nSPS) is 25.2. The standard InChI is InChI=1S/C21H27NO/c1-4-21(23)18-13-9-8-10-16(18)14-15-19(21)20(22(2)3)17-11-6-5-7-12-17/h5-13,19-20,23H,4,14-15H2,1-3H3/t19-,20-,21-/m0/s1. The van der Waals surface area contributed by atoms with Crippen molar-refractivity contribution >= 4 is 0 Å². The predicted molar refractivity (Wildman–Crippen MR) is 95.3 cm³/mol. The summed E-state index contributed by atoms with van der Waals surface area (Å²) in [5.41, 5.74) is 2.95. The summed E-state index contributed by atoms with van der Waals surface area (Å²) < 4.78 is 0. The van der Waals surface area contributed by atoms with Gasteiger partial charge in [0, 0.05) is 12.0 Å². The Morgan fingerprint density at radius 3 is 2.39 bits per heavy atom. The molecule has 1 N–H and O–H groups in total. The number of aryl methyl sites for hydroxylation is 1. The first kappa shape index (κ1) is 16.2. The van der Waals surface area contributed by atoms with E-state index < -0.39 is 5.60 Å². The smallest absolute Gasteiger partial charge is 0.0942 e. The van der Waals surface area contributed by atoms with Gasteiger partial charge < -0.3 is 10.0 Å². The zero-order valence-electron chi connectivity index (χ0n) is 14.4. The molecule has 0 spiro atoms. The van der Waals surface area contributed by atoms with E-state index in [9.17, 15) is 5.11 Å². The fraction of sp³-hybridized carbons (Fsp3) is 0.429. The van der Waals surface area contributed by atoms with E-state index in [1.807, 2.05) is 0 Å². The van der Waals surface area contributed by atoms with Gasteiger partial charge in [-0.25, -0.2) is 0 Å². The fourth-order valence-electron chi connectivity index (χ4n) is 4.32. The second-order valence-electron chi connectivity index (χ2n) is 6.90. The van der Waals surface area contributed by atoms with Crippen LogP contribution in [-0.4, -0.2) is 24.1 Å². The lowest BCUT2D eigenvalue weighted by Gasteiger charge is -2.47. The molecule has 2 nitrogen and oxygen atoms in total. The lowest BCUT2D eigenvalue weighted by atomic mass is 9.66. The zero-order chi connectivity index (χ0) is 16.4. The molecule has 1 aliphatic rings. The highest BCUT2D eigenvalue weighted by Gasteiger charge is 2.45. The molecule has 122 valence electrons. The van der Waals surface area contributed by atoms with E-state index in [4.69, 9.17) is 0 Å². The Balaban J connectivity index is 2.07. The lowest BCUT2D eigenvalue weighted by molar-refractivity contribution is -0.0698. The van der Waals surface area contributed by atoms with Crippen LogP contribution in [0.5, 0.6) is 0 Å². The van der Waals surface area contributed by atoms with E-state index in [1.165, 1.54) is 11.1 Å². The van der Waals surface area contributed by atoms with Gasteiger partial charge in [0.15, 0.2) is 0 Å². The van der Waals surface area contributed by atoms with Crippen LogP contribution in [0.3, 0.4) is 0 Å². The number of fused-ring (bicyclic) bond motifs is 1. The van der Waals surface area contributed by atoms with Crippen molar-refractivity contribution in [2.24, 2.45) is 5.92 Å². The SMILES string of the molecule is CC[C@]1(O)c2ccccc2CC[C@H]1[C@H](c1ccccc1)N(C)C. The molecule has 2 heteroatoms. The maximum absolute atomic E-state index is 11.6. The molecule has 0 amide bonds. The van der Waals surface area contributed by atoms with Gasteiger partial charge in [-0.05, 0) is 50.0 Å². The van der Waals surface area contributed by atoms with Crippen LogP contribution < -0.4 is 0 Å². The molecule has 0 saturated heterocycles. The molecule has 0 bridgehead atoms. The summed E-state index contributed by atoms with van der Waals surface area (Å²) in [6, 6.07) is 19.2. The van der Waals surface area contributed by atoms with Crippen LogP contribution in [0.4, 0.5) is 0 Å². The van der Waals surface area contributed by atoms with Gasteiger partial charge in [0.05, 0.1) is 5.60 Å². The van der Waals surface area contributed by atoms with Crippen molar-refractivity contribution in [1.29, 1.82) is 0 Å². The van der Waals surface area contributed by atoms with Crippen molar-refractivity contribution in [3.05, 3.63) is 71.3 Å². The molecule has 0 aliphatic heterocycles. The van der Waals surface area contributed by atoms with Gasteiger partial charge in [0.25, 0.3) is 0 Å². The van der Waals surface area contributed by atoms with Gasteiger partial charge in [-0.1, -0.05) is 61.5 Å². The summed E-state index contributed by atoms with van der Waals surface area (Å²) >= 11 is 0. The van der Waals surface area contributed by atoms with Crippen LogP contribution in [-0.2, 0) is 12.0 Å². The summed E-state index contributed by atoms with van der Waals surface area (Å²) in [5, 5.41) is 11.6. The molecule has 2 aromatic rings. The number of hydrogen-bond donors (Lipinski definition) is 1. The summed E-state index contributed by atoms with van der Waals surface area (Å²) in [6.07, 6.45) is 2.80. The quantitative estimate of drug-likeness (QED) is 0.917. The van der Waals surface area contributed by atoms with Gasteiger partial charge in [0.2, 0.25) is 0 Å². The van der Waals surface area contributed by atoms with Crippen molar-refractivity contribution in [2.75, 3.05) is 14.1 Å². The fourth-order valence-corrected chi connectivity index (χ4v) is 4.32. The molecule has 0 aromatic heterocycles. The maximum atomic E-state index is 11.6. The lowest BCUT2D eigenvalue weighted by Crippen LogP contribution is -2.45. The van der Waals surface area contributed by atoms with Crippen LogP contribution in [0.25, 0.3) is 0 Å². The Bertz CT molecular complexity index is 652. The van der Waals surface area contributed by atoms with Gasteiger partial charge >= 0.3 is 0 Å². The molecule has 23 heavy (non-hydrogen) atoms. The highest BCUT2D eigenvalue weighted by molar-refractivity contribution is 5.37. The second kappa shape index (κ2) is 6.46. The molecule has 2 aromatic carbocycles. The Morgan fingerprint density at radius 1 is 1.09 bits per heavy atom. The highest BCUT2D eigenvalue weighted by Crippen LogP contribution is 2.48. The molecule has 3 rings (SSSR count). The number of aliphatic hydroxyl groups is 1. The van der Waals surface area contributed by atoms with E-state index in [2.05, 4.69) is 80.5 Å². The Morgan fingerprint density at radius 2 is 1.74 bits per heavy atom. The molecular weight excluding hydrogens is 282 g/mol. The molecule has 1 aliphatic carbocycles. The van der Waals surface area contributed by atoms with Gasteiger partial charge in [-0.2, -0.15) is 0 Å². The zero-order valence-corrected chi connectivity index (χ0v) is 14.4. The average molecular weight is 309 g/mol. The summed E-state index contributed by atoms with van der Waals surface area (Å²) in [5.74, 6) is 0.194. The van der Waals surface area contributed by atoms with Gasteiger partial charge in [0.1, 0.15) is 0 Å². The van der Waals surface area contributed by atoms with Gasteiger partial charge in [-0.3, -0.25) is 0 Å². The number of rotatable bonds is 4. The van der Waals surface area contributed by atoms with Crippen molar-refractivity contribution < 1.29 is 5.11 Å². The minimum absolute atomic E-state index is 0.194. The maximum Gasteiger partial charge on any atom is 0.0942 e. The van der Waals surface area contributed by atoms with Crippen LogP contribution in [0.2, 0.25) is 0 Å². The summed E-state index contributed by atoms with van der Waals surface area (Å²) in [7, 11) is 4.24. The Hall–Kier alpha value is -1.64. The van der Waals surface area contributed by atoms with Crippen LogP contribution in [0.15, 0.2) is 54.6 Å². The van der Waals surface area contributed by atoms with Crippen LogP contribution >= 0.6 is 0 Å². The number of benzene rings is 2. The highest BCUT2D eigenvalue weighted by atomic mass is 16.3. The van der Waals surface area contributed by atoms with Crippen molar-refractivity contribution in [3.8, 4) is 0 Å². The third kappa shape index (κ3) is 2.82. The molecule has 0 fully saturated rings. The van der Waals surface area contributed by atoms with E-state index in [0.29, 0.717) is 0 Å². The molecule has 0 radical (unpaired) electrons. The topological polar surface area (TPSA) is 23.5 Å². The predicted octanol–water partition coefficient (Wildman–Crippen LogP) is 4.15. The molecule has 3 atom stereocenters. The molecule has 0 unspecified atom stereocenters. The van der Waals surface area contributed by atoms with Crippen molar-refractivity contribution in [3.63, 3.8) is 0 Å². The third-order valence-corrected chi connectivity index (χ3v) is 5.44. The minimum Gasteiger partial charge on any atom is -0.385 e. The molecule has 0 saturated carbocycles. The largest absolute Gasteiger partial charge is 0.385 e. The summed E-state index contributed by atoms with van der Waals surface area (Å²) in [6.45, 7) is 2.10. The first-order valence-electron chi connectivity index (χ1n) is 8.60. The van der Waals surface area contributed by atoms with E-state index in [0.717, 1.165) is 24.8 Å². The average Bonchev–Trinajstić information content (AvgIpc) is 2.58. The van der Waals surface area contributed by atoms with Crippen LogP contribution in [0, 0.1) is 5.92 Å². The summed E-state index contributed by atoms with van der Waals surface area (Å²) in [4.78, 5) is 2.26. The molecular formula is C21H27NO. The Kier molecular flexibility index (Phi) is 4.56. The van der Waals surface area contributed by atoms with E-state index in [1.54, 1.807) is 0 Å². The second-order valence-corrected chi connectivity index (χ2v) is 6.90. The van der Waals surface area contributed by atoms with Crippen LogP contribution in [0.1, 0.15) is 42.5 Å². The molecule has 0 heterocycles. The minimum atomic E-state index is -0.764. The first-order valence-corrected chi connectivity index (χ1v) is 8.60. The number of nitrogens with zero attached hydrogens (tertiary/aromatic N) is 1. The third-order valence-electron chi connectivity index (χ3n) is 5.44. The van der Waals surface area contributed by atoms with Gasteiger partial charge in [-0.15, -0.1) is 0 Å². The Labute approximate surface area is 139 Å². The van der Waals surface area contributed by atoms with Crippen molar-refractivity contribution in [2.45, 2.75) is 37.8 Å². The number of hydrogen-bond acceptors (Lipinski definition) is 2. The van der Waals surface area contributed by atoms with Crippen molar-refractivity contribution in [1.82, 2.24) is 4.90 Å². The van der Waals surface area contributed by atoms with E-state index >= 15 is 0 Å². The first-order chi connectivity index (χ1) is 11.1. The van der Waals surface area contributed by atoms with E-state index in [-0.39, 0.29) is 12.0 Å².